The highest BCUT2D eigenvalue weighted by molar-refractivity contribution is 6.34. The quantitative estimate of drug-likeness (QED) is 0.400. The normalized spacial score (nSPS) is 13.1. The summed E-state index contributed by atoms with van der Waals surface area (Å²) < 4.78 is 77.5. The van der Waals surface area contributed by atoms with Gasteiger partial charge in [0.15, 0.2) is 0 Å². The lowest BCUT2D eigenvalue weighted by Gasteiger charge is -2.19. The van der Waals surface area contributed by atoms with Crippen LogP contribution < -0.4 is 10.6 Å². The molecule has 1 atom stereocenters. The molecule has 0 bridgehead atoms. The second-order valence-corrected chi connectivity index (χ2v) is 8.45. The number of hydrogen-bond donors (Lipinski definition) is 2. The highest BCUT2D eigenvalue weighted by Crippen LogP contribution is 2.38. The van der Waals surface area contributed by atoms with Crippen molar-refractivity contribution in [2.24, 2.45) is 0 Å². The van der Waals surface area contributed by atoms with E-state index >= 15 is 0 Å². The van der Waals surface area contributed by atoms with E-state index in [0.717, 1.165) is 6.08 Å². The first-order valence-electron chi connectivity index (χ1n) is 10.0. The van der Waals surface area contributed by atoms with Crippen LogP contribution in [0.3, 0.4) is 0 Å². The maximum atomic E-state index is 13.7. The smallest absolute Gasteiger partial charge is 0.345 e. The van der Waals surface area contributed by atoms with E-state index in [-0.39, 0.29) is 26.7 Å². The summed E-state index contributed by atoms with van der Waals surface area (Å²) in [5, 5.41) is 3.80. The van der Waals surface area contributed by atoms with Crippen molar-refractivity contribution in [3.8, 4) is 0 Å². The lowest BCUT2D eigenvalue weighted by Crippen LogP contribution is -2.40. The molecule has 0 saturated carbocycles. The Morgan fingerprint density at radius 2 is 1.63 bits per heavy atom. The number of hydrogen-bond acceptors (Lipinski definition) is 2. The Balaban J connectivity index is 2.15. The number of carbonyl (C=O) groups excluding carboxylic acids is 2. The summed E-state index contributed by atoms with van der Waals surface area (Å²) in [7, 11) is 0. The molecule has 0 aromatic heterocycles. The molecule has 1 unspecified atom stereocenters. The Labute approximate surface area is 207 Å². The molecule has 0 aliphatic heterocycles. The van der Waals surface area contributed by atoms with Crippen LogP contribution >= 0.6 is 23.2 Å². The molecule has 0 heterocycles. The van der Waals surface area contributed by atoms with Gasteiger partial charge in [0, 0.05) is 5.02 Å². The maximum Gasteiger partial charge on any atom is 0.405 e. The summed E-state index contributed by atoms with van der Waals surface area (Å²) in [5.74, 6) is -3.85. The van der Waals surface area contributed by atoms with E-state index in [1.54, 1.807) is 19.2 Å². The van der Waals surface area contributed by atoms with Crippen molar-refractivity contribution in [3.63, 3.8) is 0 Å². The molecule has 4 nitrogen and oxygen atoms in total. The number of nitrogens with one attached hydrogen (secondary N) is 2. The average Bonchev–Trinajstić information content (AvgIpc) is 2.73. The number of carbonyl (C=O) groups is 2. The largest absolute Gasteiger partial charge is 0.405 e. The number of allylic oxidation sites excluding steroid dienone is 1. The van der Waals surface area contributed by atoms with Gasteiger partial charge in [-0.1, -0.05) is 47.5 Å². The predicted octanol–water partition coefficient (Wildman–Crippen LogP) is 6.38. The topological polar surface area (TPSA) is 58.2 Å². The summed E-state index contributed by atoms with van der Waals surface area (Å²) in [6.45, 7) is 1.09. The Bertz CT molecular complexity index is 1110. The minimum atomic E-state index is -4.60. The van der Waals surface area contributed by atoms with Crippen molar-refractivity contribution in [2.75, 3.05) is 13.1 Å². The fourth-order valence-corrected chi connectivity index (χ4v) is 3.53. The third-order valence-corrected chi connectivity index (χ3v) is 5.66. The standard InChI is InChI=1S/C23H20Cl2F6N2O2/c1-12-7-15(9-18(24)13(12)2)17(23(29,30)31)6-4-14-3-5-16(19(25)8-14)21(35)32-10-20(34)33-11-22(26,27)28/h3-9,17H,10-11H2,1-2H3,(H,32,35)(H,33,34)/b6-4+. The average molecular weight is 541 g/mol. The zero-order valence-electron chi connectivity index (χ0n) is 18.4. The third-order valence-electron chi connectivity index (χ3n) is 4.95. The van der Waals surface area contributed by atoms with E-state index in [9.17, 15) is 35.9 Å². The van der Waals surface area contributed by atoms with Crippen LogP contribution in [-0.4, -0.2) is 37.3 Å². The van der Waals surface area contributed by atoms with Gasteiger partial charge in [0.1, 0.15) is 6.54 Å². The lowest BCUT2D eigenvalue weighted by molar-refractivity contribution is -0.139. The van der Waals surface area contributed by atoms with Gasteiger partial charge < -0.3 is 10.6 Å². The van der Waals surface area contributed by atoms with E-state index in [0.29, 0.717) is 11.1 Å². The van der Waals surface area contributed by atoms with Crippen molar-refractivity contribution >= 4 is 41.1 Å². The first-order chi connectivity index (χ1) is 16.1. The Morgan fingerprint density at radius 1 is 0.971 bits per heavy atom. The van der Waals surface area contributed by atoms with Crippen LogP contribution in [0.1, 0.15) is 38.5 Å². The number of benzene rings is 2. The summed E-state index contributed by atoms with van der Waals surface area (Å²) in [6.07, 6.45) is -7.06. The predicted molar refractivity (Wildman–Crippen MR) is 122 cm³/mol. The van der Waals surface area contributed by atoms with Crippen LogP contribution in [0.2, 0.25) is 10.0 Å². The number of halogens is 8. The maximum absolute atomic E-state index is 13.7. The Morgan fingerprint density at radius 3 is 2.17 bits per heavy atom. The van der Waals surface area contributed by atoms with Crippen LogP contribution in [0.15, 0.2) is 36.4 Å². The molecule has 0 aliphatic carbocycles. The molecule has 2 aromatic rings. The van der Waals surface area contributed by atoms with Gasteiger partial charge >= 0.3 is 12.4 Å². The fourth-order valence-electron chi connectivity index (χ4n) is 2.98. The Hall–Kier alpha value is -2.72. The van der Waals surface area contributed by atoms with Crippen LogP contribution in [0, 0.1) is 13.8 Å². The molecule has 12 heteroatoms. The van der Waals surface area contributed by atoms with Crippen molar-refractivity contribution in [3.05, 3.63) is 74.3 Å². The van der Waals surface area contributed by atoms with E-state index < -0.39 is 43.2 Å². The van der Waals surface area contributed by atoms with E-state index in [1.165, 1.54) is 36.4 Å². The zero-order chi connectivity index (χ0) is 26.6. The van der Waals surface area contributed by atoms with Gasteiger partial charge in [0.2, 0.25) is 5.91 Å². The second-order valence-electron chi connectivity index (χ2n) is 7.64. The summed E-state index contributed by atoms with van der Waals surface area (Å²) in [4.78, 5) is 23.6. The molecule has 0 aliphatic rings. The van der Waals surface area contributed by atoms with Crippen LogP contribution in [0.4, 0.5) is 26.3 Å². The van der Waals surface area contributed by atoms with Gasteiger partial charge in [-0.3, -0.25) is 9.59 Å². The summed E-state index contributed by atoms with van der Waals surface area (Å²) in [6, 6.07) is 6.48. The summed E-state index contributed by atoms with van der Waals surface area (Å²) >= 11 is 12.1. The van der Waals surface area contributed by atoms with E-state index in [2.05, 4.69) is 5.32 Å². The molecule has 2 aromatic carbocycles. The first kappa shape index (κ1) is 28.5. The second kappa shape index (κ2) is 11.3. The molecular weight excluding hydrogens is 521 g/mol. The van der Waals surface area contributed by atoms with Gasteiger partial charge in [-0.2, -0.15) is 26.3 Å². The fraction of sp³-hybridized carbons (Fsp3) is 0.304. The van der Waals surface area contributed by atoms with Crippen LogP contribution in [0.25, 0.3) is 6.08 Å². The molecule has 0 radical (unpaired) electrons. The molecule has 190 valence electrons. The lowest BCUT2D eigenvalue weighted by atomic mass is 9.94. The van der Waals surface area contributed by atoms with Gasteiger partial charge in [-0.15, -0.1) is 0 Å². The Kier molecular flexibility index (Phi) is 9.24. The first-order valence-corrected chi connectivity index (χ1v) is 10.8. The highest BCUT2D eigenvalue weighted by Gasteiger charge is 2.39. The monoisotopic (exact) mass is 540 g/mol. The molecule has 0 saturated heterocycles. The van der Waals surface area contributed by atoms with Gasteiger partial charge in [0.25, 0.3) is 5.91 Å². The number of rotatable bonds is 7. The summed E-state index contributed by atoms with van der Waals surface area (Å²) in [5.41, 5.74) is 1.41. The number of amides is 2. The van der Waals surface area contributed by atoms with E-state index in [4.69, 9.17) is 23.2 Å². The molecular formula is C23H20Cl2F6N2O2. The van der Waals surface area contributed by atoms with Crippen molar-refractivity contribution in [1.29, 1.82) is 0 Å². The molecule has 0 fully saturated rings. The van der Waals surface area contributed by atoms with Crippen LogP contribution in [0.5, 0.6) is 0 Å². The molecule has 0 spiro atoms. The number of alkyl halides is 6. The minimum Gasteiger partial charge on any atom is -0.345 e. The van der Waals surface area contributed by atoms with Crippen molar-refractivity contribution in [1.82, 2.24) is 10.6 Å². The molecule has 2 amide bonds. The third kappa shape index (κ3) is 8.47. The number of aryl methyl sites for hydroxylation is 1. The molecule has 35 heavy (non-hydrogen) atoms. The van der Waals surface area contributed by atoms with Gasteiger partial charge in [-0.05, 0) is 54.3 Å². The molecule has 2 rings (SSSR count). The minimum absolute atomic E-state index is 0.0345. The van der Waals surface area contributed by atoms with Crippen molar-refractivity contribution in [2.45, 2.75) is 32.1 Å². The zero-order valence-corrected chi connectivity index (χ0v) is 19.9. The molecule has 2 N–H and O–H groups in total. The van der Waals surface area contributed by atoms with Crippen LogP contribution in [-0.2, 0) is 4.79 Å². The SMILES string of the molecule is Cc1cc(C(/C=C/c2ccc(C(=O)NCC(=O)NCC(F)(F)F)c(Cl)c2)C(F)(F)F)cc(Cl)c1C. The highest BCUT2D eigenvalue weighted by atomic mass is 35.5. The van der Waals surface area contributed by atoms with Gasteiger partial charge in [-0.25, -0.2) is 0 Å². The van der Waals surface area contributed by atoms with Crippen molar-refractivity contribution < 1.29 is 35.9 Å². The van der Waals surface area contributed by atoms with Gasteiger partial charge in [0.05, 0.1) is 23.0 Å². The van der Waals surface area contributed by atoms with E-state index in [1.807, 2.05) is 0 Å².